The number of hydrogen-bond acceptors (Lipinski definition) is 3. The van der Waals surface area contributed by atoms with Gasteiger partial charge in [-0.2, -0.15) is 13.2 Å². The second-order valence-corrected chi connectivity index (χ2v) is 6.07. The number of aromatic nitrogens is 2. The van der Waals surface area contributed by atoms with Crippen LogP contribution in [0.1, 0.15) is 36.2 Å². The van der Waals surface area contributed by atoms with Crippen LogP contribution in [-0.4, -0.2) is 21.4 Å². The lowest BCUT2D eigenvalue weighted by atomic mass is 10.0. The van der Waals surface area contributed by atoms with Crippen molar-refractivity contribution in [2.24, 2.45) is 5.92 Å². The van der Waals surface area contributed by atoms with Crippen molar-refractivity contribution in [2.75, 3.05) is 6.54 Å². The quantitative estimate of drug-likeness (QED) is 0.853. The number of rotatable bonds is 3. The first-order valence-electron chi connectivity index (χ1n) is 7.60. The highest BCUT2D eigenvalue weighted by Crippen LogP contribution is 2.38. The molecule has 2 aromatic rings. The highest BCUT2D eigenvalue weighted by atomic mass is 19.4. The van der Waals surface area contributed by atoms with Crippen LogP contribution in [0.15, 0.2) is 42.9 Å². The minimum absolute atomic E-state index is 0.0850. The van der Waals surface area contributed by atoms with E-state index in [1.54, 1.807) is 12.4 Å². The summed E-state index contributed by atoms with van der Waals surface area (Å²) >= 11 is 0. The van der Waals surface area contributed by atoms with Crippen LogP contribution < -0.4 is 0 Å². The molecule has 23 heavy (non-hydrogen) atoms. The Morgan fingerprint density at radius 3 is 2.70 bits per heavy atom. The maximum atomic E-state index is 13.2. The molecule has 0 saturated carbocycles. The number of nitrogens with zero attached hydrogens (tertiary/aromatic N) is 3. The van der Waals surface area contributed by atoms with Crippen LogP contribution in [0.3, 0.4) is 0 Å². The minimum Gasteiger partial charge on any atom is -0.290 e. The molecule has 0 amide bonds. The van der Waals surface area contributed by atoms with Gasteiger partial charge in [-0.3, -0.25) is 14.9 Å². The molecular weight excluding hydrogens is 303 g/mol. The van der Waals surface area contributed by atoms with Crippen molar-refractivity contribution in [3.63, 3.8) is 0 Å². The number of pyridine rings is 2. The van der Waals surface area contributed by atoms with Crippen LogP contribution in [0, 0.1) is 5.92 Å². The van der Waals surface area contributed by atoms with Crippen LogP contribution >= 0.6 is 0 Å². The summed E-state index contributed by atoms with van der Waals surface area (Å²) in [7, 11) is 0. The Hall–Kier alpha value is -1.95. The zero-order chi connectivity index (χ0) is 16.4. The summed E-state index contributed by atoms with van der Waals surface area (Å²) in [6, 6.07) is 6.35. The molecule has 122 valence electrons. The summed E-state index contributed by atoms with van der Waals surface area (Å²) in [6.45, 7) is 3.07. The highest BCUT2D eigenvalue weighted by Gasteiger charge is 2.36. The molecule has 0 spiro atoms. The molecule has 1 aliphatic heterocycles. The lowest BCUT2D eigenvalue weighted by molar-refractivity contribution is -0.138. The first kappa shape index (κ1) is 15.9. The molecule has 2 atom stereocenters. The Kier molecular flexibility index (Phi) is 4.35. The van der Waals surface area contributed by atoms with Gasteiger partial charge in [-0.25, -0.2) is 0 Å². The van der Waals surface area contributed by atoms with Crippen molar-refractivity contribution in [3.05, 3.63) is 59.7 Å². The van der Waals surface area contributed by atoms with Gasteiger partial charge in [0.2, 0.25) is 0 Å². The molecule has 0 bridgehead atoms. The smallest absolute Gasteiger partial charge is 0.290 e. The SMILES string of the molecule is CC1CC(c2cccnc2)N(Cc2ncccc2C(F)(F)F)C1. The Balaban J connectivity index is 1.87. The van der Waals surface area contributed by atoms with Gasteiger partial charge < -0.3 is 0 Å². The van der Waals surface area contributed by atoms with E-state index in [9.17, 15) is 13.2 Å². The van der Waals surface area contributed by atoms with Crippen molar-refractivity contribution in [3.8, 4) is 0 Å². The Labute approximate surface area is 133 Å². The largest absolute Gasteiger partial charge is 0.418 e. The van der Waals surface area contributed by atoms with E-state index in [4.69, 9.17) is 0 Å². The standard InChI is InChI=1S/C17H18F3N3/c1-12-8-16(13-4-2-6-21-9-13)23(10-12)11-15-14(17(18,19)20)5-3-7-22-15/h2-7,9,12,16H,8,10-11H2,1H3. The normalized spacial score (nSPS) is 22.4. The molecule has 0 aromatic carbocycles. The highest BCUT2D eigenvalue weighted by molar-refractivity contribution is 5.24. The van der Waals surface area contributed by atoms with Gasteiger partial charge in [0.05, 0.1) is 11.3 Å². The van der Waals surface area contributed by atoms with Crippen molar-refractivity contribution in [1.29, 1.82) is 0 Å². The fourth-order valence-electron chi connectivity index (χ4n) is 3.24. The molecule has 1 fully saturated rings. The number of alkyl halides is 3. The number of hydrogen-bond donors (Lipinski definition) is 0. The molecule has 1 aliphatic rings. The Morgan fingerprint density at radius 2 is 2.00 bits per heavy atom. The lowest BCUT2D eigenvalue weighted by Crippen LogP contribution is -2.26. The van der Waals surface area contributed by atoms with Crippen molar-refractivity contribution < 1.29 is 13.2 Å². The van der Waals surface area contributed by atoms with Crippen molar-refractivity contribution in [1.82, 2.24) is 14.9 Å². The molecule has 3 heterocycles. The summed E-state index contributed by atoms with van der Waals surface area (Å²) in [5, 5.41) is 0. The van der Waals surface area contributed by atoms with E-state index < -0.39 is 11.7 Å². The first-order chi connectivity index (χ1) is 10.9. The van der Waals surface area contributed by atoms with Gasteiger partial charge in [0, 0.05) is 37.7 Å². The molecule has 0 aliphatic carbocycles. The second-order valence-electron chi connectivity index (χ2n) is 6.07. The summed E-state index contributed by atoms with van der Waals surface area (Å²) < 4.78 is 39.5. The lowest BCUT2D eigenvalue weighted by Gasteiger charge is -2.25. The fraction of sp³-hybridized carbons (Fsp3) is 0.412. The maximum absolute atomic E-state index is 13.2. The molecular formula is C17H18F3N3. The van der Waals surface area contributed by atoms with Crippen LogP contribution in [0.25, 0.3) is 0 Å². The van der Waals surface area contributed by atoms with E-state index in [-0.39, 0.29) is 18.3 Å². The molecule has 1 saturated heterocycles. The fourth-order valence-corrected chi connectivity index (χ4v) is 3.24. The molecule has 0 radical (unpaired) electrons. The summed E-state index contributed by atoms with van der Waals surface area (Å²) in [6.07, 6.45) is 1.45. The maximum Gasteiger partial charge on any atom is 0.418 e. The van der Waals surface area contributed by atoms with Gasteiger partial charge in [-0.05, 0) is 36.1 Å². The van der Waals surface area contributed by atoms with Crippen molar-refractivity contribution >= 4 is 0 Å². The third kappa shape index (κ3) is 3.52. The van der Waals surface area contributed by atoms with Gasteiger partial charge >= 0.3 is 6.18 Å². The van der Waals surface area contributed by atoms with Crippen molar-refractivity contribution in [2.45, 2.75) is 32.1 Å². The van der Waals surface area contributed by atoms with E-state index in [1.165, 1.54) is 12.3 Å². The average Bonchev–Trinajstić information content (AvgIpc) is 2.88. The van der Waals surface area contributed by atoms with Crippen LogP contribution in [0.5, 0.6) is 0 Å². The van der Waals surface area contributed by atoms with Gasteiger partial charge in [-0.15, -0.1) is 0 Å². The van der Waals surface area contributed by atoms with E-state index in [2.05, 4.69) is 21.8 Å². The first-order valence-corrected chi connectivity index (χ1v) is 7.60. The van der Waals surface area contributed by atoms with Crippen LogP contribution in [-0.2, 0) is 12.7 Å². The van der Waals surface area contributed by atoms with E-state index >= 15 is 0 Å². The summed E-state index contributed by atoms with van der Waals surface area (Å²) in [5.41, 5.74) is 0.480. The number of likely N-dealkylation sites (tertiary alicyclic amines) is 1. The van der Waals surface area contributed by atoms with E-state index in [1.807, 2.05) is 12.1 Å². The second kappa shape index (κ2) is 6.28. The third-order valence-corrected chi connectivity index (χ3v) is 4.23. The van der Waals surface area contributed by atoms with Gasteiger partial charge in [0.25, 0.3) is 0 Å². The van der Waals surface area contributed by atoms with E-state index in [0.29, 0.717) is 5.92 Å². The molecule has 0 N–H and O–H groups in total. The van der Waals surface area contributed by atoms with Crippen LogP contribution in [0.2, 0.25) is 0 Å². The topological polar surface area (TPSA) is 29.0 Å². The zero-order valence-electron chi connectivity index (χ0n) is 12.8. The monoisotopic (exact) mass is 321 g/mol. The predicted octanol–water partition coefficient (Wildman–Crippen LogP) is 4.08. The zero-order valence-corrected chi connectivity index (χ0v) is 12.8. The van der Waals surface area contributed by atoms with Crippen LogP contribution in [0.4, 0.5) is 13.2 Å². The molecule has 3 rings (SSSR count). The molecule has 3 nitrogen and oxygen atoms in total. The predicted molar refractivity (Wildman–Crippen MR) is 80.4 cm³/mol. The van der Waals surface area contributed by atoms with Gasteiger partial charge in [0.15, 0.2) is 0 Å². The third-order valence-electron chi connectivity index (χ3n) is 4.23. The summed E-state index contributed by atoms with van der Waals surface area (Å²) in [5.74, 6) is 0.429. The molecule has 2 unspecified atom stereocenters. The molecule has 6 heteroatoms. The van der Waals surface area contributed by atoms with Gasteiger partial charge in [0.1, 0.15) is 0 Å². The average molecular weight is 321 g/mol. The Bertz CT molecular complexity index is 658. The van der Waals surface area contributed by atoms with Gasteiger partial charge in [-0.1, -0.05) is 13.0 Å². The molecule has 2 aromatic heterocycles. The minimum atomic E-state index is -4.38. The Morgan fingerprint density at radius 1 is 1.22 bits per heavy atom. The van der Waals surface area contributed by atoms with E-state index in [0.717, 1.165) is 24.6 Å². The summed E-state index contributed by atoms with van der Waals surface area (Å²) in [4.78, 5) is 10.2. The number of halogens is 3.